The molecule has 0 aliphatic rings. The lowest BCUT2D eigenvalue weighted by molar-refractivity contribution is -0.144. The number of aliphatic hydroxyl groups is 1. The number of aromatic amines is 1. The van der Waals surface area contributed by atoms with Gasteiger partial charge in [0.05, 0.1) is 12.1 Å². The van der Waals surface area contributed by atoms with Crippen LogP contribution in [0.4, 0.5) is 0 Å². The van der Waals surface area contributed by atoms with E-state index in [4.69, 9.17) is 5.73 Å². The zero-order chi connectivity index (χ0) is 27.9. The normalized spacial score (nSPS) is 15.6. The first-order valence-corrected chi connectivity index (χ1v) is 12.4. The Bertz CT molecular complexity index is 1100. The zero-order valence-electron chi connectivity index (χ0n) is 21.9. The first-order valence-electron chi connectivity index (χ1n) is 12.4. The second-order valence-corrected chi connectivity index (χ2v) is 10.2. The molecule has 0 bridgehead atoms. The van der Waals surface area contributed by atoms with E-state index in [9.17, 15) is 29.4 Å². The number of nitrogens with two attached hydrogens (primary N) is 1. The molecule has 0 saturated heterocycles. The molecule has 0 fully saturated rings. The van der Waals surface area contributed by atoms with Gasteiger partial charge in [0, 0.05) is 17.1 Å². The highest BCUT2D eigenvalue weighted by atomic mass is 16.4. The number of para-hydroxylation sites is 1. The van der Waals surface area contributed by atoms with Crippen molar-refractivity contribution < 1.29 is 29.4 Å². The number of fused-ring (bicyclic) bond motifs is 1. The summed E-state index contributed by atoms with van der Waals surface area (Å²) >= 11 is 0. The Kier molecular flexibility index (Phi) is 10.6. The third kappa shape index (κ3) is 8.29. The van der Waals surface area contributed by atoms with Crippen LogP contribution in [0.5, 0.6) is 0 Å². The summed E-state index contributed by atoms with van der Waals surface area (Å²) in [5.74, 6) is -3.69. The maximum Gasteiger partial charge on any atom is 0.326 e. The van der Waals surface area contributed by atoms with Crippen LogP contribution in [0.1, 0.15) is 46.6 Å². The van der Waals surface area contributed by atoms with Crippen molar-refractivity contribution in [3.8, 4) is 0 Å². The summed E-state index contributed by atoms with van der Waals surface area (Å²) in [5, 5.41) is 28.0. The molecule has 5 atom stereocenters. The number of aromatic nitrogens is 1. The number of carbonyl (C=O) groups is 4. The number of hydrogen-bond donors (Lipinski definition) is 7. The Hall–Kier alpha value is -3.44. The van der Waals surface area contributed by atoms with Gasteiger partial charge in [-0.1, -0.05) is 45.9 Å². The summed E-state index contributed by atoms with van der Waals surface area (Å²) in [6.07, 6.45) is 0.986. The van der Waals surface area contributed by atoms with Crippen LogP contribution in [-0.2, 0) is 25.6 Å². The number of aliphatic hydroxyl groups excluding tert-OH is 1. The minimum atomic E-state index is -1.42. The van der Waals surface area contributed by atoms with Crippen LogP contribution in [0.25, 0.3) is 10.9 Å². The van der Waals surface area contributed by atoms with Crippen molar-refractivity contribution >= 4 is 34.6 Å². The van der Waals surface area contributed by atoms with Gasteiger partial charge < -0.3 is 36.9 Å². The van der Waals surface area contributed by atoms with Crippen LogP contribution in [-0.4, -0.2) is 69.2 Å². The maximum absolute atomic E-state index is 13.1. The van der Waals surface area contributed by atoms with E-state index in [1.165, 1.54) is 6.92 Å². The van der Waals surface area contributed by atoms with E-state index >= 15 is 0 Å². The van der Waals surface area contributed by atoms with E-state index in [0.717, 1.165) is 16.5 Å². The van der Waals surface area contributed by atoms with Gasteiger partial charge in [0.25, 0.3) is 0 Å². The van der Waals surface area contributed by atoms with E-state index in [1.54, 1.807) is 20.0 Å². The van der Waals surface area contributed by atoms with Crippen molar-refractivity contribution in [2.75, 3.05) is 0 Å². The molecule has 0 radical (unpaired) electrons. The van der Waals surface area contributed by atoms with Crippen molar-refractivity contribution in [3.05, 3.63) is 36.0 Å². The molecule has 0 aliphatic heterocycles. The highest BCUT2D eigenvalue weighted by molar-refractivity contribution is 5.94. The molecule has 2 aromatic rings. The smallest absolute Gasteiger partial charge is 0.326 e. The highest BCUT2D eigenvalue weighted by Crippen LogP contribution is 2.19. The quantitative estimate of drug-likeness (QED) is 0.203. The number of H-pyrrole nitrogens is 1. The average Bonchev–Trinajstić information content (AvgIpc) is 3.21. The molecule has 3 amide bonds. The Morgan fingerprint density at radius 3 is 2.11 bits per heavy atom. The van der Waals surface area contributed by atoms with E-state index in [-0.39, 0.29) is 18.8 Å². The Labute approximate surface area is 216 Å². The van der Waals surface area contributed by atoms with Crippen LogP contribution in [0, 0.1) is 11.8 Å². The number of nitrogens with one attached hydrogen (secondary N) is 4. The summed E-state index contributed by atoms with van der Waals surface area (Å²) in [4.78, 5) is 53.4. The van der Waals surface area contributed by atoms with Crippen molar-refractivity contribution in [2.45, 2.75) is 77.7 Å². The molecule has 2 rings (SSSR count). The van der Waals surface area contributed by atoms with Gasteiger partial charge >= 0.3 is 5.97 Å². The molecule has 5 unspecified atom stereocenters. The molecule has 1 heterocycles. The van der Waals surface area contributed by atoms with Gasteiger partial charge in [0.1, 0.15) is 18.1 Å². The molecular formula is C26H39N5O6. The maximum atomic E-state index is 13.1. The monoisotopic (exact) mass is 517 g/mol. The van der Waals surface area contributed by atoms with Crippen molar-refractivity contribution in [3.63, 3.8) is 0 Å². The van der Waals surface area contributed by atoms with Gasteiger partial charge in [-0.2, -0.15) is 0 Å². The summed E-state index contributed by atoms with van der Waals surface area (Å²) in [6, 6.07) is 3.08. The van der Waals surface area contributed by atoms with Gasteiger partial charge in [-0.3, -0.25) is 14.4 Å². The lowest BCUT2D eigenvalue weighted by atomic mass is 10.00. The first-order chi connectivity index (χ1) is 17.3. The Morgan fingerprint density at radius 1 is 0.919 bits per heavy atom. The Morgan fingerprint density at radius 2 is 1.54 bits per heavy atom. The molecule has 1 aromatic carbocycles. The molecule has 0 saturated carbocycles. The van der Waals surface area contributed by atoms with Crippen molar-refractivity contribution in [2.24, 2.45) is 17.6 Å². The number of hydrogen-bond acceptors (Lipinski definition) is 6. The van der Waals surface area contributed by atoms with Crippen LogP contribution >= 0.6 is 0 Å². The van der Waals surface area contributed by atoms with Crippen molar-refractivity contribution in [1.82, 2.24) is 20.9 Å². The number of amides is 3. The van der Waals surface area contributed by atoms with Gasteiger partial charge in [-0.25, -0.2) is 4.79 Å². The van der Waals surface area contributed by atoms with Crippen LogP contribution < -0.4 is 21.7 Å². The minimum Gasteiger partial charge on any atom is -0.480 e. The highest BCUT2D eigenvalue weighted by Gasteiger charge is 2.33. The molecule has 204 valence electrons. The fourth-order valence-electron chi connectivity index (χ4n) is 4.03. The van der Waals surface area contributed by atoms with E-state index in [2.05, 4.69) is 20.9 Å². The minimum absolute atomic E-state index is 0.0112. The number of carbonyl (C=O) groups excluding carboxylic acids is 3. The van der Waals surface area contributed by atoms with E-state index < -0.39 is 59.9 Å². The Balaban J connectivity index is 2.12. The molecule has 37 heavy (non-hydrogen) atoms. The van der Waals surface area contributed by atoms with Gasteiger partial charge in [0.2, 0.25) is 17.7 Å². The number of carboxylic acids is 1. The molecule has 1 aromatic heterocycles. The zero-order valence-corrected chi connectivity index (χ0v) is 21.9. The van der Waals surface area contributed by atoms with E-state index in [1.807, 2.05) is 38.1 Å². The van der Waals surface area contributed by atoms with Crippen molar-refractivity contribution in [1.29, 1.82) is 0 Å². The average molecular weight is 518 g/mol. The second kappa shape index (κ2) is 13.2. The van der Waals surface area contributed by atoms with Gasteiger partial charge in [-0.15, -0.1) is 0 Å². The standard InChI is InChI=1S/C26H39N5O6/c1-13(2)10-20(24(34)31-22(15(5)32)25(35)30-21(14(3)4)26(36)37)29-23(33)18(27)11-16-12-28-19-9-7-6-8-17(16)19/h6-9,12-15,18,20-22,28,32H,10-11,27H2,1-5H3,(H,29,33)(H,30,35)(H,31,34)(H,36,37). The molecule has 0 spiro atoms. The fraction of sp³-hybridized carbons (Fsp3) is 0.538. The summed E-state index contributed by atoms with van der Waals surface area (Å²) < 4.78 is 0. The molecular weight excluding hydrogens is 478 g/mol. The van der Waals surface area contributed by atoms with E-state index in [0.29, 0.717) is 0 Å². The number of carboxylic acid groups (broad SMARTS) is 1. The summed E-state index contributed by atoms with van der Waals surface area (Å²) in [5.41, 5.74) is 7.96. The molecule has 11 nitrogen and oxygen atoms in total. The second-order valence-electron chi connectivity index (χ2n) is 10.2. The number of benzene rings is 1. The topological polar surface area (TPSA) is 187 Å². The molecule has 8 N–H and O–H groups in total. The third-order valence-corrected chi connectivity index (χ3v) is 6.08. The van der Waals surface area contributed by atoms with Crippen LogP contribution in [0.15, 0.2) is 30.5 Å². The predicted octanol–water partition coefficient (Wildman–Crippen LogP) is 0.660. The summed E-state index contributed by atoms with van der Waals surface area (Å²) in [6.45, 7) is 8.31. The third-order valence-electron chi connectivity index (χ3n) is 6.08. The lowest BCUT2D eigenvalue weighted by Crippen LogP contribution is -2.60. The van der Waals surface area contributed by atoms with Gasteiger partial charge in [-0.05, 0) is 43.2 Å². The lowest BCUT2D eigenvalue weighted by Gasteiger charge is -2.27. The summed E-state index contributed by atoms with van der Waals surface area (Å²) in [7, 11) is 0. The number of aliphatic carboxylic acids is 1. The largest absolute Gasteiger partial charge is 0.480 e. The van der Waals surface area contributed by atoms with Gasteiger partial charge in [0.15, 0.2) is 0 Å². The van der Waals surface area contributed by atoms with Crippen LogP contribution in [0.3, 0.4) is 0 Å². The molecule has 0 aliphatic carbocycles. The molecule has 11 heteroatoms. The fourth-order valence-corrected chi connectivity index (χ4v) is 4.03. The predicted molar refractivity (Wildman–Crippen MR) is 139 cm³/mol. The van der Waals surface area contributed by atoms with Crippen LogP contribution in [0.2, 0.25) is 0 Å². The first kappa shape index (κ1) is 29.8. The SMILES string of the molecule is CC(C)CC(NC(=O)C(N)Cc1c[nH]c2ccccc12)C(=O)NC(C(=O)NC(C(=O)O)C(C)C)C(C)O. The number of rotatable bonds is 13.